The maximum absolute atomic E-state index is 14.2. The highest BCUT2D eigenvalue weighted by Crippen LogP contribution is 2.22. The number of hydrogen-bond donors (Lipinski definition) is 1. The number of aryl methyl sites for hydroxylation is 1. The number of nitrogens with zero attached hydrogens (tertiary/aromatic N) is 1. The van der Waals surface area contributed by atoms with Crippen molar-refractivity contribution in [2.24, 2.45) is 0 Å². The zero-order valence-electron chi connectivity index (χ0n) is 14.1. The Bertz CT molecular complexity index is 1030. The molecule has 3 rings (SSSR count). The van der Waals surface area contributed by atoms with Crippen molar-refractivity contribution in [3.8, 4) is 0 Å². The fourth-order valence-corrected chi connectivity index (χ4v) is 3.09. The number of pyridine rings is 1. The number of hydrogen-bond acceptors (Lipinski definition) is 4. The zero-order valence-corrected chi connectivity index (χ0v) is 14.9. The minimum Gasteiger partial charge on any atom is -0.760 e. The van der Waals surface area contributed by atoms with Gasteiger partial charge in [0.15, 0.2) is 17.4 Å². The lowest BCUT2D eigenvalue weighted by Gasteiger charge is -2.10. The van der Waals surface area contributed by atoms with E-state index in [-0.39, 0.29) is 17.7 Å². The molecule has 0 saturated carbocycles. The van der Waals surface area contributed by atoms with Gasteiger partial charge in [0.25, 0.3) is 0 Å². The van der Waals surface area contributed by atoms with Gasteiger partial charge >= 0.3 is 0 Å². The van der Waals surface area contributed by atoms with E-state index in [0.717, 1.165) is 11.5 Å². The molecule has 1 aromatic heterocycles. The standard InChI is InChI=1S/C19H16F2N2O3S/c20-16-10-12(3-1-8-23-27(25)26)9-15(18(16)21)19(24)14-5-6-17-13(11-14)4-2-7-22-17/h2,4-7,9-11,23H,1,3,8H2,(H,25,26)/p-1. The predicted molar refractivity (Wildman–Crippen MR) is 96.8 cm³/mol. The molecule has 1 heterocycles. The zero-order chi connectivity index (χ0) is 19.4. The lowest BCUT2D eigenvalue weighted by Crippen LogP contribution is -2.18. The molecule has 1 N–H and O–H groups in total. The summed E-state index contributed by atoms with van der Waals surface area (Å²) in [7, 11) is 0. The van der Waals surface area contributed by atoms with Crippen LogP contribution < -0.4 is 4.72 Å². The van der Waals surface area contributed by atoms with Crippen LogP contribution >= 0.6 is 0 Å². The summed E-state index contributed by atoms with van der Waals surface area (Å²) in [5, 5.41) is 0.720. The molecule has 0 amide bonds. The lowest BCUT2D eigenvalue weighted by molar-refractivity contribution is 0.103. The van der Waals surface area contributed by atoms with E-state index in [9.17, 15) is 22.3 Å². The molecule has 0 bridgehead atoms. The number of nitrogens with one attached hydrogen (secondary N) is 1. The Labute approximate surface area is 156 Å². The van der Waals surface area contributed by atoms with Crippen LogP contribution in [0, 0.1) is 11.6 Å². The molecule has 0 aliphatic carbocycles. The summed E-state index contributed by atoms with van der Waals surface area (Å²) < 4.78 is 51.2. The van der Waals surface area contributed by atoms with E-state index in [1.165, 1.54) is 12.1 Å². The number of aromatic nitrogens is 1. The van der Waals surface area contributed by atoms with Crippen LogP contribution in [0.5, 0.6) is 0 Å². The summed E-state index contributed by atoms with van der Waals surface area (Å²) in [5.41, 5.74) is 0.985. The number of carbonyl (C=O) groups is 1. The summed E-state index contributed by atoms with van der Waals surface area (Å²) in [6, 6.07) is 10.6. The quantitative estimate of drug-likeness (QED) is 0.383. The van der Waals surface area contributed by atoms with Gasteiger partial charge < -0.3 is 4.55 Å². The summed E-state index contributed by atoms with van der Waals surface area (Å²) in [5.74, 6) is -2.94. The first-order chi connectivity index (χ1) is 13.0. The van der Waals surface area contributed by atoms with Gasteiger partial charge in [-0.1, -0.05) is 6.07 Å². The Kier molecular flexibility index (Phi) is 6.00. The number of ketones is 1. The minimum atomic E-state index is -2.37. The predicted octanol–water partition coefficient (Wildman–Crippen LogP) is 3.06. The molecule has 1 unspecified atom stereocenters. The maximum Gasteiger partial charge on any atom is 0.196 e. The number of rotatable bonds is 7. The Morgan fingerprint density at radius 2 is 2.00 bits per heavy atom. The first-order valence-electron chi connectivity index (χ1n) is 8.16. The third-order valence-electron chi connectivity index (χ3n) is 4.06. The average Bonchev–Trinajstić information content (AvgIpc) is 2.66. The molecular weight excluding hydrogens is 374 g/mol. The van der Waals surface area contributed by atoms with Crippen LogP contribution in [0.15, 0.2) is 48.7 Å². The van der Waals surface area contributed by atoms with Crippen molar-refractivity contribution in [2.45, 2.75) is 12.8 Å². The molecule has 27 heavy (non-hydrogen) atoms. The second-order valence-electron chi connectivity index (χ2n) is 5.91. The normalized spacial score (nSPS) is 12.3. The topological polar surface area (TPSA) is 82.1 Å². The molecule has 0 spiro atoms. The van der Waals surface area contributed by atoms with E-state index in [1.54, 1.807) is 30.5 Å². The molecule has 8 heteroatoms. The smallest absolute Gasteiger partial charge is 0.196 e. The van der Waals surface area contributed by atoms with E-state index in [0.29, 0.717) is 23.9 Å². The highest BCUT2D eigenvalue weighted by molar-refractivity contribution is 7.77. The molecule has 0 radical (unpaired) electrons. The highest BCUT2D eigenvalue weighted by atomic mass is 32.2. The van der Waals surface area contributed by atoms with Crippen molar-refractivity contribution < 1.29 is 22.3 Å². The Morgan fingerprint density at radius 1 is 1.19 bits per heavy atom. The average molecular weight is 389 g/mol. The third-order valence-corrected chi connectivity index (χ3v) is 4.50. The minimum absolute atomic E-state index is 0.163. The number of benzene rings is 2. The second kappa shape index (κ2) is 8.43. The van der Waals surface area contributed by atoms with Crippen LogP contribution in [0.3, 0.4) is 0 Å². The number of halogens is 2. The SMILES string of the molecule is O=C(c1ccc2ncccc2c1)c1cc(CCCNS(=O)[O-])cc(F)c1F. The lowest BCUT2D eigenvalue weighted by atomic mass is 9.97. The Balaban J connectivity index is 1.87. The van der Waals surface area contributed by atoms with Crippen LogP contribution in [0.1, 0.15) is 27.9 Å². The van der Waals surface area contributed by atoms with Crippen LogP contribution in [-0.4, -0.2) is 26.1 Å². The molecule has 140 valence electrons. The molecule has 3 aromatic rings. The molecule has 0 aliphatic heterocycles. The van der Waals surface area contributed by atoms with E-state index >= 15 is 0 Å². The first kappa shape index (κ1) is 19.2. The van der Waals surface area contributed by atoms with Crippen molar-refractivity contribution in [1.82, 2.24) is 9.71 Å². The van der Waals surface area contributed by atoms with Crippen molar-refractivity contribution in [3.63, 3.8) is 0 Å². The van der Waals surface area contributed by atoms with E-state index in [1.807, 2.05) is 0 Å². The summed E-state index contributed by atoms with van der Waals surface area (Å²) >= 11 is -2.37. The largest absolute Gasteiger partial charge is 0.760 e. The van der Waals surface area contributed by atoms with Gasteiger partial charge in [0.05, 0.1) is 11.1 Å². The Morgan fingerprint density at radius 3 is 2.78 bits per heavy atom. The summed E-state index contributed by atoms with van der Waals surface area (Å²) in [6.07, 6.45) is 2.30. The molecule has 1 atom stereocenters. The molecule has 0 saturated heterocycles. The second-order valence-corrected chi connectivity index (χ2v) is 6.67. The van der Waals surface area contributed by atoms with Crippen molar-refractivity contribution in [1.29, 1.82) is 0 Å². The Hall–Kier alpha value is -2.55. The van der Waals surface area contributed by atoms with Gasteiger partial charge in [0, 0.05) is 35.0 Å². The molecule has 0 aliphatic rings. The summed E-state index contributed by atoms with van der Waals surface area (Å²) in [4.78, 5) is 16.9. The van der Waals surface area contributed by atoms with Crippen LogP contribution in [0.25, 0.3) is 10.9 Å². The van der Waals surface area contributed by atoms with Gasteiger partial charge in [-0.25, -0.2) is 13.5 Å². The summed E-state index contributed by atoms with van der Waals surface area (Å²) in [6.45, 7) is 0.163. The number of fused-ring (bicyclic) bond motifs is 1. The van der Waals surface area contributed by atoms with Crippen molar-refractivity contribution in [3.05, 3.63) is 77.0 Å². The van der Waals surface area contributed by atoms with Gasteiger partial charge in [-0.05, 0) is 54.8 Å². The highest BCUT2D eigenvalue weighted by Gasteiger charge is 2.19. The first-order valence-corrected chi connectivity index (χ1v) is 9.23. The van der Waals surface area contributed by atoms with Crippen LogP contribution in [0.2, 0.25) is 0 Å². The molecule has 2 aromatic carbocycles. The monoisotopic (exact) mass is 389 g/mol. The molecular formula is C19H15F2N2O3S-. The van der Waals surface area contributed by atoms with Gasteiger partial charge in [-0.3, -0.25) is 14.0 Å². The van der Waals surface area contributed by atoms with E-state index in [2.05, 4.69) is 9.71 Å². The molecule has 5 nitrogen and oxygen atoms in total. The van der Waals surface area contributed by atoms with Gasteiger partial charge in [0.2, 0.25) is 0 Å². The fraction of sp³-hybridized carbons (Fsp3) is 0.158. The van der Waals surface area contributed by atoms with Gasteiger partial charge in [-0.15, -0.1) is 0 Å². The fourth-order valence-electron chi connectivity index (χ4n) is 2.78. The van der Waals surface area contributed by atoms with E-state index in [4.69, 9.17) is 0 Å². The van der Waals surface area contributed by atoms with Crippen molar-refractivity contribution in [2.75, 3.05) is 6.54 Å². The molecule has 0 fully saturated rings. The van der Waals surface area contributed by atoms with Gasteiger partial charge in [-0.2, -0.15) is 0 Å². The van der Waals surface area contributed by atoms with Crippen LogP contribution in [-0.2, 0) is 17.7 Å². The maximum atomic E-state index is 14.2. The van der Waals surface area contributed by atoms with Crippen LogP contribution in [0.4, 0.5) is 8.78 Å². The van der Waals surface area contributed by atoms with Crippen molar-refractivity contribution >= 4 is 28.0 Å². The van der Waals surface area contributed by atoms with E-state index < -0.39 is 28.7 Å². The van der Waals surface area contributed by atoms with Gasteiger partial charge in [0.1, 0.15) is 0 Å². The number of carbonyl (C=O) groups excluding carboxylic acids is 1. The third kappa shape index (κ3) is 4.60.